The van der Waals surface area contributed by atoms with Gasteiger partial charge in [0, 0.05) is 12.0 Å². The van der Waals surface area contributed by atoms with Crippen LogP contribution in [0.25, 0.3) is 0 Å². The van der Waals surface area contributed by atoms with Gasteiger partial charge in [-0.05, 0) is 12.8 Å². The van der Waals surface area contributed by atoms with E-state index in [-0.39, 0.29) is 5.41 Å². The molecule has 0 aromatic heterocycles. The third-order valence-electron chi connectivity index (χ3n) is 2.07. The van der Waals surface area contributed by atoms with Crippen LogP contribution in [-0.4, -0.2) is 22.7 Å². The van der Waals surface area contributed by atoms with Crippen molar-refractivity contribution in [3.8, 4) is 0 Å². The molecule has 1 aliphatic rings. The highest BCUT2D eigenvalue weighted by Crippen LogP contribution is 2.28. The minimum absolute atomic E-state index is 0.132. The lowest BCUT2D eigenvalue weighted by atomic mass is 9.83. The summed E-state index contributed by atoms with van der Waals surface area (Å²) in [5, 5.41) is 17.6. The molecule has 0 amide bonds. The van der Waals surface area contributed by atoms with Crippen LogP contribution in [0.4, 0.5) is 0 Å². The van der Waals surface area contributed by atoms with Crippen LogP contribution in [0, 0.1) is 10.8 Å². The van der Waals surface area contributed by atoms with E-state index in [1.807, 2.05) is 13.8 Å². The minimum atomic E-state index is -0.132. The van der Waals surface area contributed by atoms with Crippen LogP contribution in [-0.2, 0) is 0 Å². The maximum atomic E-state index is 9.12. The summed E-state index contributed by atoms with van der Waals surface area (Å²) in [6.07, 6.45) is 1.98. The van der Waals surface area contributed by atoms with Gasteiger partial charge in [-0.3, -0.25) is 10.6 Å². The van der Waals surface area contributed by atoms with Crippen molar-refractivity contribution in [1.82, 2.24) is 5.06 Å². The Hall–Kier alpha value is -0.570. The number of piperidine rings is 1. The molecule has 0 unspecified atom stereocenters. The predicted octanol–water partition coefficient (Wildman–Crippen LogP) is 1.47. The molecule has 0 aromatic rings. The molecule has 0 aliphatic carbocycles. The summed E-state index contributed by atoms with van der Waals surface area (Å²) in [6.45, 7) is 4.58. The number of hydrogen-bond donors (Lipinski definition) is 2. The molecule has 0 aromatic carbocycles. The van der Waals surface area contributed by atoms with E-state index in [4.69, 9.17) is 10.6 Å². The molecule has 2 N–H and O–H groups in total. The SMILES string of the molecule is CC1(C)CCCN(O)C1=N. The molecule has 1 saturated heterocycles. The van der Waals surface area contributed by atoms with Crippen molar-refractivity contribution in [1.29, 1.82) is 5.41 Å². The summed E-state index contributed by atoms with van der Waals surface area (Å²) in [6, 6.07) is 0. The Morgan fingerprint density at radius 2 is 2.20 bits per heavy atom. The van der Waals surface area contributed by atoms with E-state index in [2.05, 4.69) is 0 Å². The lowest BCUT2D eigenvalue weighted by Crippen LogP contribution is -2.43. The molecule has 58 valence electrons. The second kappa shape index (κ2) is 2.23. The van der Waals surface area contributed by atoms with Gasteiger partial charge in [0.25, 0.3) is 0 Å². The Morgan fingerprint density at radius 3 is 2.60 bits per heavy atom. The molecular formula is C7H14N2O. The Labute approximate surface area is 61.1 Å². The molecular weight excluding hydrogens is 128 g/mol. The summed E-state index contributed by atoms with van der Waals surface area (Å²) in [5.41, 5.74) is -0.132. The summed E-state index contributed by atoms with van der Waals surface area (Å²) in [7, 11) is 0. The lowest BCUT2D eigenvalue weighted by Gasteiger charge is -2.35. The van der Waals surface area contributed by atoms with E-state index in [0.29, 0.717) is 12.4 Å². The first-order valence-corrected chi connectivity index (χ1v) is 3.59. The van der Waals surface area contributed by atoms with Gasteiger partial charge in [-0.15, -0.1) is 0 Å². The zero-order valence-electron chi connectivity index (χ0n) is 6.52. The van der Waals surface area contributed by atoms with E-state index in [1.54, 1.807) is 0 Å². The van der Waals surface area contributed by atoms with Gasteiger partial charge in [-0.25, -0.2) is 5.06 Å². The third-order valence-corrected chi connectivity index (χ3v) is 2.07. The van der Waals surface area contributed by atoms with Gasteiger partial charge in [-0.2, -0.15) is 0 Å². The number of hydrogen-bond acceptors (Lipinski definition) is 2. The summed E-state index contributed by atoms with van der Waals surface area (Å²) < 4.78 is 0. The van der Waals surface area contributed by atoms with Crippen molar-refractivity contribution >= 4 is 5.84 Å². The van der Waals surface area contributed by atoms with Gasteiger partial charge < -0.3 is 0 Å². The molecule has 1 fully saturated rings. The largest absolute Gasteiger partial charge is 0.287 e. The molecule has 0 saturated carbocycles. The van der Waals surface area contributed by atoms with Gasteiger partial charge in [0.1, 0.15) is 5.84 Å². The van der Waals surface area contributed by atoms with Gasteiger partial charge in [0.15, 0.2) is 0 Å². The summed E-state index contributed by atoms with van der Waals surface area (Å²) in [4.78, 5) is 0. The number of hydroxylamine groups is 2. The quantitative estimate of drug-likeness (QED) is 0.538. The summed E-state index contributed by atoms with van der Waals surface area (Å²) >= 11 is 0. The Morgan fingerprint density at radius 1 is 1.60 bits per heavy atom. The Kier molecular flexibility index (Phi) is 1.68. The fraction of sp³-hybridized carbons (Fsp3) is 0.857. The van der Waals surface area contributed by atoms with E-state index >= 15 is 0 Å². The van der Waals surface area contributed by atoms with Crippen LogP contribution in [0.3, 0.4) is 0 Å². The first-order chi connectivity index (χ1) is 4.54. The standard InChI is InChI=1S/C7H14N2O/c1-7(2)4-3-5-9(10)6(7)8/h8,10H,3-5H2,1-2H3. The van der Waals surface area contributed by atoms with Crippen LogP contribution < -0.4 is 0 Å². The maximum absolute atomic E-state index is 9.12. The molecule has 1 heterocycles. The van der Waals surface area contributed by atoms with Crippen LogP contribution in [0.1, 0.15) is 26.7 Å². The van der Waals surface area contributed by atoms with E-state index in [9.17, 15) is 0 Å². The molecule has 1 rings (SSSR count). The maximum Gasteiger partial charge on any atom is 0.126 e. The third kappa shape index (κ3) is 1.14. The van der Waals surface area contributed by atoms with Crippen LogP contribution >= 0.6 is 0 Å². The molecule has 3 heteroatoms. The number of nitrogens with zero attached hydrogens (tertiary/aromatic N) is 1. The Balaban J connectivity index is 2.70. The number of nitrogens with one attached hydrogen (secondary N) is 1. The van der Waals surface area contributed by atoms with Gasteiger partial charge >= 0.3 is 0 Å². The van der Waals surface area contributed by atoms with Crippen molar-refractivity contribution in [3.05, 3.63) is 0 Å². The smallest absolute Gasteiger partial charge is 0.126 e. The second-order valence-electron chi connectivity index (χ2n) is 3.46. The predicted molar refractivity (Wildman–Crippen MR) is 39.2 cm³/mol. The molecule has 3 nitrogen and oxygen atoms in total. The molecule has 0 bridgehead atoms. The van der Waals surface area contributed by atoms with E-state index in [1.165, 1.54) is 0 Å². The minimum Gasteiger partial charge on any atom is -0.287 e. The normalized spacial score (nSPS) is 25.1. The van der Waals surface area contributed by atoms with Crippen LogP contribution in [0.2, 0.25) is 0 Å². The van der Waals surface area contributed by atoms with Crippen molar-refractivity contribution < 1.29 is 5.21 Å². The average Bonchev–Trinajstić information content (AvgIpc) is 1.83. The molecule has 0 atom stereocenters. The molecule has 1 aliphatic heterocycles. The lowest BCUT2D eigenvalue weighted by molar-refractivity contribution is -0.0397. The fourth-order valence-electron chi connectivity index (χ4n) is 1.25. The average molecular weight is 142 g/mol. The van der Waals surface area contributed by atoms with Crippen molar-refractivity contribution in [3.63, 3.8) is 0 Å². The van der Waals surface area contributed by atoms with Gasteiger partial charge in [-0.1, -0.05) is 13.8 Å². The van der Waals surface area contributed by atoms with E-state index < -0.39 is 0 Å². The monoisotopic (exact) mass is 142 g/mol. The topological polar surface area (TPSA) is 47.3 Å². The van der Waals surface area contributed by atoms with Crippen molar-refractivity contribution in [2.75, 3.05) is 6.54 Å². The highest BCUT2D eigenvalue weighted by atomic mass is 16.5. The fourth-order valence-corrected chi connectivity index (χ4v) is 1.25. The van der Waals surface area contributed by atoms with Crippen molar-refractivity contribution in [2.45, 2.75) is 26.7 Å². The first kappa shape index (κ1) is 7.54. The first-order valence-electron chi connectivity index (χ1n) is 3.59. The Bertz CT molecular complexity index is 154. The zero-order chi connectivity index (χ0) is 7.78. The van der Waals surface area contributed by atoms with Gasteiger partial charge in [0.05, 0.1) is 0 Å². The molecule has 0 spiro atoms. The van der Waals surface area contributed by atoms with Crippen molar-refractivity contribution in [2.24, 2.45) is 5.41 Å². The molecule has 10 heavy (non-hydrogen) atoms. The highest BCUT2D eigenvalue weighted by molar-refractivity contribution is 5.84. The highest BCUT2D eigenvalue weighted by Gasteiger charge is 2.31. The summed E-state index contributed by atoms with van der Waals surface area (Å²) in [5.74, 6) is 0.346. The van der Waals surface area contributed by atoms with E-state index in [0.717, 1.165) is 17.9 Å². The number of rotatable bonds is 0. The van der Waals surface area contributed by atoms with Crippen LogP contribution in [0.15, 0.2) is 0 Å². The number of amidine groups is 1. The zero-order valence-corrected chi connectivity index (χ0v) is 6.52. The van der Waals surface area contributed by atoms with Crippen LogP contribution in [0.5, 0.6) is 0 Å². The molecule has 0 radical (unpaired) electrons. The second-order valence-corrected chi connectivity index (χ2v) is 3.46. The van der Waals surface area contributed by atoms with Gasteiger partial charge in [0.2, 0.25) is 0 Å².